The Hall–Kier alpha value is -4.20. The van der Waals surface area contributed by atoms with Crippen molar-refractivity contribution in [1.82, 2.24) is 14.6 Å². The van der Waals surface area contributed by atoms with Crippen LogP contribution in [0.25, 0.3) is 10.9 Å². The van der Waals surface area contributed by atoms with Crippen LogP contribution in [0, 0.1) is 34.5 Å². The summed E-state index contributed by atoms with van der Waals surface area (Å²) < 4.78 is 52.5. The van der Waals surface area contributed by atoms with Crippen molar-refractivity contribution >= 4 is 44.5 Å². The molecule has 58 heavy (non-hydrogen) atoms. The zero-order valence-electron chi connectivity index (χ0n) is 34.1. The van der Waals surface area contributed by atoms with Crippen molar-refractivity contribution in [2.24, 2.45) is 34.5 Å². The van der Waals surface area contributed by atoms with E-state index in [4.69, 9.17) is 23.9 Å². The van der Waals surface area contributed by atoms with Crippen molar-refractivity contribution in [3.8, 4) is 17.4 Å². The minimum atomic E-state index is -3.86. The fourth-order valence-electron chi connectivity index (χ4n) is 10.1. The zero-order chi connectivity index (χ0) is 41.1. The second-order valence-electron chi connectivity index (χ2n) is 18.5. The van der Waals surface area contributed by atoms with Gasteiger partial charge in [-0.25, -0.2) is 13.4 Å². The molecular weight excluding hydrogens is 763 g/mol. The number of esters is 1. The number of rotatable bonds is 11. The lowest BCUT2D eigenvalue weighted by Crippen LogP contribution is -2.47. The number of carbonyl (C=O) groups is 4. The van der Waals surface area contributed by atoms with Gasteiger partial charge in [-0.05, 0) is 92.6 Å². The van der Waals surface area contributed by atoms with E-state index >= 15 is 0 Å². The molecule has 0 unspecified atom stereocenters. The Bertz CT molecular complexity index is 2110. The number of fused-ring (bicyclic) bond motifs is 5. The number of ether oxygens (including phenoxy) is 4. The van der Waals surface area contributed by atoms with Crippen molar-refractivity contribution < 1.29 is 46.5 Å². The van der Waals surface area contributed by atoms with Gasteiger partial charge in [-0.3, -0.25) is 23.9 Å². The van der Waals surface area contributed by atoms with E-state index in [9.17, 15) is 27.6 Å². The fourth-order valence-corrected chi connectivity index (χ4v) is 11.5. The molecule has 4 aliphatic carbocycles. The summed E-state index contributed by atoms with van der Waals surface area (Å²) in [4.78, 5) is 63.4. The highest BCUT2D eigenvalue weighted by Crippen LogP contribution is 2.58. The van der Waals surface area contributed by atoms with Gasteiger partial charge in [0, 0.05) is 30.4 Å². The number of Topliss-reactive ketones (excluding diaryl/α,β-unsaturated/α-hetero) is 1. The van der Waals surface area contributed by atoms with Gasteiger partial charge < -0.3 is 23.8 Å². The van der Waals surface area contributed by atoms with Crippen LogP contribution in [0.5, 0.6) is 17.4 Å². The summed E-state index contributed by atoms with van der Waals surface area (Å²) in [6, 6.07) is 4.76. The largest absolute Gasteiger partial charge is 0.496 e. The third-order valence-corrected chi connectivity index (χ3v) is 15.4. The van der Waals surface area contributed by atoms with Crippen LogP contribution in [0.15, 0.2) is 30.9 Å². The van der Waals surface area contributed by atoms with Gasteiger partial charge >= 0.3 is 5.97 Å². The van der Waals surface area contributed by atoms with Crippen LogP contribution in [0.3, 0.4) is 0 Å². The van der Waals surface area contributed by atoms with Gasteiger partial charge in [-0.2, -0.15) is 0 Å². The second-order valence-corrected chi connectivity index (χ2v) is 20.5. The smallest absolute Gasteiger partial charge is 0.306 e. The van der Waals surface area contributed by atoms with Crippen LogP contribution < -0.4 is 18.9 Å². The molecule has 2 aromatic rings. The molecule has 4 saturated carbocycles. The van der Waals surface area contributed by atoms with Crippen molar-refractivity contribution in [2.75, 3.05) is 26.9 Å². The minimum Gasteiger partial charge on any atom is -0.496 e. The van der Waals surface area contributed by atoms with E-state index in [0.29, 0.717) is 48.3 Å². The average Bonchev–Trinajstić information content (AvgIpc) is 4.15. The summed E-state index contributed by atoms with van der Waals surface area (Å²) in [5, 5.41) is 0.153. The first-order valence-electron chi connectivity index (χ1n) is 21.1. The van der Waals surface area contributed by atoms with E-state index in [1.165, 1.54) is 0 Å². The summed E-state index contributed by atoms with van der Waals surface area (Å²) >= 11 is 0. The molecule has 1 aromatic heterocycles. The van der Waals surface area contributed by atoms with E-state index in [0.717, 1.165) is 49.5 Å². The minimum absolute atomic E-state index is 0.0498. The molecule has 2 aliphatic heterocycles. The van der Waals surface area contributed by atoms with Crippen molar-refractivity contribution in [3.63, 3.8) is 0 Å². The molecule has 7 atom stereocenters. The molecule has 8 rings (SSSR count). The van der Waals surface area contributed by atoms with Crippen molar-refractivity contribution in [1.29, 1.82) is 0 Å². The third-order valence-electron chi connectivity index (χ3n) is 13.6. The number of allylic oxidation sites excluding steroid dienone is 1. The Balaban J connectivity index is 1.17. The van der Waals surface area contributed by atoms with Gasteiger partial charge in [-0.1, -0.05) is 32.8 Å². The second kappa shape index (κ2) is 15.4. The number of aromatic nitrogens is 1. The maximum Gasteiger partial charge on any atom is 0.306 e. The molecule has 14 heteroatoms. The highest BCUT2D eigenvalue weighted by molar-refractivity contribution is 7.90. The van der Waals surface area contributed by atoms with Crippen LogP contribution in [0.4, 0.5) is 0 Å². The molecule has 6 aliphatic rings. The zero-order valence-corrected chi connectivity index (χ0v) is 34.9. The Morgan fingerprint density at radius 1 is 1.05 bits per heavy atom. The van der Waals surface area contributed by atoms with E-state index in [-0.39, 0.29) is 67.8 Å². The lowest BCUT2D eigenvalue weighted by Gasteiger charge is -2.31. The van der Waals surface area contributed by atoms with Gasteiger partial charge in [0.15, 0.2) is 5.78 Å². The monoisotopic (exact) mass is 819 g/mol. The van der Waals surface area contributed by atoms with Gasteiger partial charge in [0.25, 0.3) is 0 Å². The standard InChI is InChI=1S/C44H57N3O10S/c1-6-27-21-44(27,42(51)46-58(52,53)29-12-13-29)22-36(48)35-15-28-23-47(35)41(50)31(25-10-8-9-11-25)17-40(49)56-24-43(3,4)20-26-14-30(26)32-16-33-34(18-37(32)54-5)45-39(55-7-2)19-38(33)57-28/h6,16,18-19,25-31,35H,1,7-15,17,20-24H2,2-5H3,(H,46,51)/t26-,27-,28-,30+,31+,35+,44-/m1/s1. The number of carbonyl (C=O) groups excluding carboxylic acids is 4. The third kappa shape index (κ3) is 8.06. The number of cyclic esters (lactones) is 1. The lowest BCUT2D eigenvalue weighted by atomic mass is 9.85. The van der Waals surface area contributed by atoms with E-state index in [2.05, 4.69) is 31.2 Å². The van der Waals surface area contributed by atoms with Crippen LogP contribution in [-0.4, -0.2) is 86.1 Å². The van der Waals surface area contributed by atoms with Crippen molar-refractivity contribution in [2.45, 2.75) is 121 Å². The van der Waals surface area contributed by atoms with E-state index in [1.54, 1.807) is 24.2 Å². The molecule has 1 aromatic carbocycles. The first kappa shape index (κ1) is 40.6. The molecule has 0 radical (unpaired) electrons. The molecule has 1 N–H and O–H groups in total. The molecule has 3 heterocycles. The Morgan fingerprint density at radius 2 is 1.81 bits per heavy atom. The maximum atomic E-state index is 15.0. The van der Waals surface area contributed by atoms with E-state index < -0.39 is 56.5 Å². The van der Waals surface area contributed by atoms with Crippen molar-refractivity contribution in [3.05, 3.63) is 36.4 Å². The highest BCUT2D eigenvalue weighted by atomic mass is 32.2. The average molecular weight is 820 g/mol. The molecule has 5 fully saturated rings. The molecular formula is C44H57N3O10S. The number of benzene rings is 1. The first-order valence-corrected chi connectivity index (χ1v) is 22.7. The molecule has 314 valence electrons. The first-order chi connectivity index (χ1) is 27.6. The predicted molar refractivity (Wildman–Crippen MR) is 215 cm³/mol. The van der Waals surface area contributed by atoms with Crippen LogP contribution in [0.1, 0.15) is 109 Å². The van der Waals surface area contributed by atoms with Crippen LogP contribution >= 0.6 is 0 Å². The number of ketones is 1. The number of nitrogens with zero attached hydrogens (tertiary/aromatic N) is 2. The van der Waals surface area contributed by atoms with Gasteiger partial charge in [-0.15, -0.1) is 6.58 Å². The highest BCUT2D eigenvalue weighted by Gasteiger charge is 2.61. The lowest BCUT2D eigenvalue weighted by molar-refractivity contribution is -0.153. The topological polar surface area (TPSA) is 168 Å². The number of nitrogens with one attached hydrogen (secondary N) is 1. The summed E-state index contributed by atoms with van der Waals surface area (Å²) in [5.41, 5.74) is 0.0602. The molecule has 4 bridgehead atoms. The van der Waals surface area contributed by atoms with Crippen LogP contribution in [-0.2, 0) is 33.9 Å². The number of hydrogen-bond donors (Lipinski definition) is 1. The van der Waals surface area contributed by atoms with Crippen LogP contribution in [0.2, 0.25) is 0 Å². The molecule has 2 amide bonds. The Labute approximate surface area is 341 Å². The summed E-state index contributed by atoms with van der Waals surface area (Å²) in [7, 11) is -2.21. The molecule has 0 spiro atoms. The normalized spacial score (nSPS) is 31.1. The van der Waals surface area contributed by atoms with Gasteiger partial charge in [0.2, 0.25) is 27.7 Å². The summed E-state index contributed by atoms with van der Waals surface area (Å²) in [6.07, 6.45) is 7.26. The summed E-state index contributed by atoms with van der Waals surface area (Å²) in [5.74, 6) is -0.763. The predicted octanol–water partition coefficient (Wildman–Crippen LogP) is 6.02. The molecule has 1 saturated heterocycles. The number of sulfonamides is 1. The summed E-state index contributed by atoms with van der Waals surface area (Å²) in [6.45, 7) is 10.6. The number of methoxy groups -OCH3 is 1. The Morgan fingerprint density at radius 3 is 2.48 bits per heavy atom. The van der Waals surface area contributed by atoms with E-state index in [1.807, 2.05) is 13.0 Å². The maximum absolute atomic E-state index is 15.0. The SMILES string of the molecule is C=C[C@@H]1C[C@]1(CC(=O)[C@@H]1C[C@@H]2CN1C(=O)[C@H](C1CCCC1)CC(=O)OCC(C)(C)C[C@H]1C[C@@H]1c1cc3c(cc(OCC)nc3cc1OC)O2)C(=O)NS(=O)(=O)C1CC1. The van der Waals surface area contributed by atoms with Gasteiger partial charge in [0.05, 0.1) is 61.4 Å². The number of amides is 2. The number of pyridine rings is 1. The quantitative estimate of drug-likeness (QED) is 0.208. The molecule has 13 nitrogen and oxygen atoms in total. The fraction of sp³-hybridized carbons (Fsp3) is 0.659. The van der Waals surface area contributed by atoms with Gasteiger partial charge in [0.1, 0.15) is 17.6 Å². The number of hydrogen-bond acceptors (Lipinski definition) is 11. The Kier molecular flexibility index (Phi) is 10.8.